The van der Waals surface area contributed by atoms with E-state index in [2.05, 4.69) is 40.2 Å². The Hall–Kier alpha value is -1.22. The van der Waals surface area contributed by atoms with Gasteiger partial charge in [0.1, 0.15) is 11.5 Å². The van der Waals surface area contributed by atoms with Crippen LogP contribution in [0.4, 0.5) is 0 Å². The van der Waals surface area contributed by atoms with Gasteiger partial charge in [0.25, 0.3) is 0 Å². The average Bonchev–Trinajstić information content (AvgIpc) is 2.47. The van der Waals surface area contributed by atoms with Crippen molar-refractivity contribution in [1.29, 1.82) is 0 Å². The first kappa shape index (κ1) is 15.2. The lowest BCUT2D eigenvalue weighted by Crippen LogP contribution is -1.97. The fraction of sp³-hybridized carbons (Fsp3) is 0.412. The number of hydrogen-bond donors (Lipinski definition) is 0. The maximum absolute atomic E-state index is 5.79. The minimum Gasteiger partial charge on any atom is -0.494 e. The van der Waals surface area contributed by atoms with Crippen molar-refractivity contribution < 1.29 is 9.47 Å². The molecule has 20 heavy (non-hydrogen) atoms. The fourth-order valence-electron chi connectivity index (χ4n) is 2.11. The van der Waals surface area contributed by atoms with Crippen molar-refractivity contribution in [2.75, 3.05) is 18.5 Å². The van der Waals surface area contributed by atoms with Crippen molar-refractivity contribution in [3.63, 3.8) is 0 Å². The maximum Gasteiger partial charge on any atom is 0.119 e. The Morgan fingerprint density at radius 1 is 0.850 bits per heavy atom. The van der Waals surface area contributed by atoms with Crippen molar-refractivity contribution in [1.82, 2.24) is 0 Å². The number of unbranched alkanes of at least 4 members (excludes halogenated alkanes) is 2. The minimum absolute atomic E-state index is 0.696. The predicted octanol–water partition coefficient (Wildman–Crippen LogP) is 5.18. The molecule has 2 nitrogen and oxygen atoms in total. The van der Waals surface area contributed by atoms with E-state index in [0.717, 1.165) is 29.9 Å². The highest BCUT2D eigenvalue weighted by Gasteiger charge is 2.00. The van der Waals surface area contributed by atoms with Crippen LogP contribution in [0.3, 0.4) is 0 Å². The van der Waals surface area contributed by atoms with E-state index in [1.165, 1.54) is 23.6 Å². The van der Waals surface area contributed by atoms with Crippen molar-refractivity contribution >= 4 is 26.7 Å². The van der Waals surface area contributed by atoms with Gasteiger partial charge in [-0.1, -0.05) is 28.1 Å². The molecule has 0 radical (unpaired) electrons. The summed E-state index contributed by atoms with van der Waals surface area (Å²) >= 11 is 3.44. The molecule has 0 saturated heterocycles. The lowest BCUT2D eigenvalue weighted by atomic mass is 10.1. The van der Waals surface area contributed by atoms with Crippen LogP contribution in [-0.4, -0.2) is 18.5 Å². The molecule has 0 fully saturated rings. The Balaban J connectivity index is 1.97. The van der Waals surface area contributed by atoms with Crippen LogP contribution in [0.15, 0.2) is 36.4 Å². The summed E-state index contributed by atoms with van der Waals surface area (Å²) < 4.78 is 11.3. The molecule has 0 bridgehead atoms. The Labute approximate surface area is 129 Å². The number of ether oxygens (including phenoxy) is 2. The zero-order valence-corrected chi connectivity index (χ0v) is 13.5. The van der Waals surface area contributed by atoms with E-state index >= 15 is 0 Å². The van der Waals surface area contributed by atoms with Crippen molar-refractivity contribution in [3.05, 3.63) is 36.4 Å². The molecule has 3 heteroatoms. The van der Waals surface area contributed by atoms with Crippen LogP contribution in [-0.2, 0) is 0 Å². The molecule has 0 aliphatic carbocycles. The van der Waals surface area contributed by atoms with E-state index in [1.807, 2.05) is 19.1 Å². The third-order valence-electron chi connectivity index (χ3n) is 3.14. The fourth-order valence-corrected chi connectivity index (χ4v) is 2.51. The molecule has 108 valence electrons. The number of rotatable bonds is 8. The Kier molecular flexibility index (Phi) is 6.19. The summed E-state index contributed by atoms with van der Waals surface area (Å²) in [5.41, 5.74) is 0. The van der Waals surface area contributed by atoms with Crippen LogP contribution in [0.25, 0.3) is 10.8 Å². The SMILES string of the molecule is CCOc1ccc2cc(OCCCCCBr)ccc2c1. The van der Waals surface area contributed by atoms with Crippen LogP contribution in [0.2, 0.25) is 0 Å². The minimum atomic E-state index is 0.696. The number of halogens is 1. The molecule has 0 atom stereocenters. The average molecular weight is 337 g/mol. The smallest absolute Gasteiger partial charge is 0.119 e. The van der Waals surface area contributed by atoms with Gasteiger partial charge >= 0.3 is 0 Å². The van der Waals surface area contributed by atoms with Gasteiger partial charge in [0, 0.05) is 5.33 Å². The van der Waals surface area contributed by atoms with E-state index in [4.69, 9.17) is 9.47 Å². The molecule has 0 spiro atoms. The second kappa shape index (κ2) is 8.15. The number of benzene rings is 2. The lowest BCUT2D eigenvalue weighted by Gasteiger charge is -2.08. The van der Waals surface area contributed by atoms with Crippen LogP contribution in [0, 0.1) is 0 Å². The first-order valence-electron chi connectivity index (χ1n) is 7.19. The zero-order chi connectivity index (χ0) is 14.2. The first-order chi connectivity index (χ1) is 9.83. The van der Waals surface area contributed by atoms with E-state index < -0.39 is 0 Å². The zero-order valence-electron chi connectivity index (χ0n) is 11.9. The Morgan fingerprint density at radius 2 is 1.50 bits per heavy atom. The molecule has 0 unspecified atom stereocenters. The highest BCUT2D eigenvalue weighted by molar-refractivity contribution is 9.09. The highest BCUT2D eigenvalue weighted by atomic mass is 79.9. The van der Waals surface area contributed by atoms with Gasteiger partial charge in [-0.15, -0.1) is 0 Å². The third kappa shape index (κ3) is 4.41. The summed E-state index contributed by atoms with van der Waals surface area (Å²) in [5.74, 6) is 1.86. The number of hydrogen-bond acceptors (Lipinski definition) is 2. The van der Waals surface area contributed by atoms with Crippen molar-refractivity contribution in [2.24, 2.45) is 0 Å². The predicted molar refractivity (Wildman–Crippen MR) is 88.3 cm³/mol. The molecule has 0 amide bonds. The van der Waals surface area contributed by atoms with Gasteiger partial charge in [-0.3, -0.25) is 0 Å². The Morgan fingerprint density at radius 3 is 2.10 bits per heavy atom. The lowest BCUT2D eigenvalue weighted by molar-refractivity contribution is 0.307. The number of alkyl halides is 1. The summed E-state index contributed by atoms with van der Waals surface area (Å²) in [6.07, 6.45) is 3.52. The van der Waals surface area contributed by atoms with Gasteiger partial charge in [0.15, 0.2) is 0 Å². The highest BCUT2D eigenvalue weighted by Crippen LogP contribution is 2.25. The molecular formula is C17H21BrO2. The van der Waals surface area contributed by atoms with Crippen LogP contribution in [0.1, 0.15) is 26.2 Å². The number of fused-ring (bicyclic) bond motifs is 1. The van der Waals surface area contributed by atoms with Crippen LogP contribution in [0.5, 0.6) is 11.5 Å². The molecular weight excluding hydrogens is 316 g/mol. The normalized spacial score (nSPS) is 10.7. The summed E-state index contributed by atoms with van der Waals surface area (Å²) in [6.45, 7) is 3.48. The molecule has 0 saturated carbocycles. The van der Waals surface area contributed by atoms with Gasteiger partial charge in [-0.05, 0) is 61.2 Å². The standard InChI is InChI=1S/C17H21BrO2/c1-2-19-16-8-6-15-13-17(9-7-14(15)12-16)20-11-5-3-4-10-18/h6-9,12-13H,2-5,10-11H2,1H3. The van der Waals surface area contributed by atoms with E-state index in [1.54, 1.807) is 0 Å². The quantitative estimate of drug-likeness (QED) is 0.488. The molecule has 0 aliphatic heterocycles. The summed E-state index contributed by atoms with van der Waals surface area (Å²) in [5, 5.41) is 3.44. The van der Waals surface area contributed by atoms with Crippen LogP contribution >= 0.6 is 15.9 Å². The van der Waals surface area contributed by atoms with Gasteiger partial charge in [-0.2, -0.15) is 0 Å². The van der Waals surface area contributed by atoms with Gasteiger partial charge in [-0.25, -0.2) is 0 Å². The maximum atomic E-state index is 5.79. The molecule has 0 aromatic heterocycles. The third-order valence-corrected chi connectivity index (χ3v) is 3.70. The first-order valence-corrected chi connectivity index (χ1v) is 8.31. The molecule has 2 rings (SSSR count). The molecule has 0 heterocycles. The molecule has 2 aromatic rings. The van der Waals surface area contributed by atoms with Crippen LogP contribution < -0.4 is 9.47 Å². The van der Waals surface area contributed by atoms with Crippen molar-refractivity contribution in [2.45, 2.75) is 26.2 Å². The topological polar surface area (TPSA) is 18.5 Å². The summed E-state index contributed by atoms with van der Waals surface area (Å²) in [4.78, 5) is 0. The molecule has 0 aliphatic rings. The van der Waals surface area contributed by atoms with Gasteiger partial charge < -0.3 is 9.47 Å². The van der Waals surface area contributed by atoms with E-state index in [-0.39, 0.29) is 0 Å². The summed E-state index contributed by atoms with van der Waals surface area (Å²) in [7, 11) is 0. The molecule has 2 aromatic carbocycles. The van der Waals surface area contributed by atoms with E-state index in [0.29, 0.717) is 6.61 Å². The molecule has 0 N–H and O–H groups in total. The second-order valence-corrected chi connectivity index (χ2v) is 5.49. The Bertz CT molecular complexity index is 540. The summed E-state index contributed by atoms with van der Waals surface area (Å²) in [6, 6.07) is 12.4. The monoisotopic (exact) mass is 336 g/mol. The second-order valence-electron chi connectivity index (χ2n) is 4.70. The van der Waals surface area contributed by atoms with E-state index in [9.17, 15) is 0 Å². The largest absolute Gasteiger partial charge is 0.494 e. The van der Waals surface area contributed by atoms with Gasteiger partial charge in [0.05, 0.1) is 13.2 Å². The van der Waals surface area contributed by atoms with Gasteiger partial charge in [0.2, 0.25) is 0 Å². The van der Waals surface area contributed by atoms with Crippen molar-refractivity contribution in [3.8, 4) is 11.5 Å².